The Hall–Kier alpha value is -0.0200. The maximum atomic E-state index is 12.3. The lowest BCUT2D eigenvalue weighted by molar-refractivity contribution is 0.482. The summed E-state index contributed by atoms with van der Waals surface area (Å²) >= 11 is 4.84. The predicted molar refractivity (Wildman–Crippen MR) is 79.6 cm³/mol. The van der Waals surface area contributed by atoms with E-state index in [4.69, 9.17) is 10.2 Å². The molecule has 0 spiro atoms. The number of sulfonamides is 1. The quantitative estimate of drug-likeness (QED) is 0.830. The van der Waals surface area contributed by atoms with E-state index in [1.165, 1.54) is 6.07 Å². The Kier molecular flexibility index (Phi) is 4.99. The summed E-state index contributed by atoms with van der Waals surface area (Å²) in [5.41, 5.74) is 5.45. The van der Waals surface area contributed by atoms with Gasteiger partial charge in [-0.15, -0.1) is 0 Å². The van der Waals surface area contributed by atoms with E-state index in [2.05, 4.69) is 20.7 Å². The summed E-state index contributed by atoms with van der Waals surface area (Å²) in [4.78, 5) is 0.125. The number of halogens is 1. The minimum absolute atomic E-state index is 0.0110. The predicted octanol–water partition coefficient (Wildman–Crippen LogP) is 2.06. The van der Waals surface area contributed by atoms with Crippen molar-refractivity contribution in [3.63, 3.8) is 0 Å². The molecule has 1 aromatic heterocycles. The van der Waals surface area contributed by atoms with E-state index in [1.54, 1.807) is 11.8 Å². The molecule has 0 saturated heterocycles. The van der Waals surface area contributed by atoms with Gasteiger partial charge in [-0.05, 0) is 35.0 Å². The number of nitrogens with two attached hydrogens (primary N) is 1. The van der Waals surface area contributed by atoms with Gasteiger partial charge in [-0.1, -0.05) is 6.42 Å². The molecule has 1 fully saturated rings. The molecule has 2 rings (SSSR count). The van der Waals surface area contributed by atoms with Crippen molar-refractivity contribution in [1.82, 2.24) is 4.72 Å². The van der Waals surface area contributed by atoms with E-state index in [0.29, 0.717) is 11.0 Å². The Morgan fingerprint density at radius 3 is 2.89 bits per heavy atom. The van der Waals surface area contributed by atoms with Crippen LogP contribution in [0.4, 0.5) is 0 Å². The Morgan fingerprint density at radius 2 is 2.32 bits per heavy atom. The molecule has 0 amide bonds. The lowest BCUT2D eigenvalue weighted by Gasteiger charge is -2.18. The van der Waals surface area contributed by atoms with E-state index in [0.717, 1.165) is 19.3 Å². The van der Waals surface area contributed by atoms with Gasteiger partial charge in [0, 0.05) is 17.4 Å². The zero-order valence-electron chi connectivity index (χ0n) is 10.6. The van der Waals surface area contributed by atoms with E-state index < -0.39 is 10.0 Å². The Morgan fingerprint density at radius 1 is 1.58 bits per heavy atom. The van der Waals surface area contributed by atoms with Gasteiger partial charge in [0.15, 0.2) is 4.67 Å². The number of thioether (sulfide) groups is 1. The summed E-state index contributed by atoms with van der Waals surface area (Å²) in [6.45, 7) is 0.172. The Labute approximate surface area is 125 Å². The molecule has 2 unspecified atom stereocenters. The molecule has 8 heteroatoms. The van der Waals surface area contributed by atoms with Gasteiger partial charge >= 0.3 is 0 Å². The van der Waals surface area contributed by atoms with E-state index >= 15 is 0 Å². The van der Waals surface area contributed by atoms with E-state index in [9.17, 15) is 8.42 Å². The molecule has 1 aromatic rings. The van der Waals surface area contributed by atoms with Crippen LogP contribution in [0.25, 0.3) is 0 Å². The van der Waals surface area contributed by atoms with Crippen molar-refractivity contribution in [2.45, 2.75) is 42.0 Å². The number of furan rings is 1. The standard InChI is InChI=1S/C11H17BrN2O3S2/c1-18-9-4-2-3-8(9)14-19(15,16)10-5-7(6-13)17-11(10)12/h5,8-9,14H,2-4,6,13H2,1H3. The van der Waals surface area contributed by atoms with Gasteiger partial charge in [0.05, 0.1) is 6.54 Å². The zero-order chi connectivity index (χ0) is 14.0. The summed E-state index contributed by atoms with van der Waals surface area (Å²) in [5, 5.41) is 0.342. The SMILES string of the molecule is CSC1CCCC1NS(=O)(=O)c1cc(CN)oc1Br. The van der Waals surface area contributed by atoms with Crippen LogP contribution < -0.4 is 10.5 Å². The molecule has 19 heavy (non-hydrogen) atoms. The number of hydrogen-bond donors (Lipinski definition) is 2. The monoisotopic (exact) mass is 368 g/mol. The summed E-state index contributed by atoms with van der Waals surface area (Å²) < 4.78 is 32.9. The highest BCUT2D eigenvalue weighted by molar-refractivity contribution is 9.10. The highest BCUT2D eigenvalue weighted by atomic mass is 79.9. The first-order valence-corrected chi connectivity index (χ1v) is 9.57. The Balaban J connectivity index is 2.20. The first-order valence-electron chi connectivity index (χ1n) is 6.01. The van der Waals surface area contributed by atoms with Crippen LogP contribution in [0.3, 0.4) is 0 Å². The van der Waals surface area contributed by atoms with Gasteiger partial charge in [0.2, 0.25) is 10.0 Å². The minimum Gasteiger partial charge on any atom is -0.452 e. The van der Waals surface area contributed by atoms with Crippen molar-refractivity contribution >= 4 is 37.7 Å². The summed E-state index contributed by atoms with van der Waals surface area (Å²) in [6.07, 6.45) is 5.00. The normalized spacial score (nSPS) is 23.9. The van der Waals surface area contributed by atoms with Crippen molar-refractivity contribution in [2.75, 3.05) is 6.26 Å². The second-order valence-electron chi connectivity index (χ2n) is 4.49. The molecule has 0 radical (unpaired) electrons. The van der Waals surface area contributed by atoms with Gasteiger partial charge in [0.1, 0.15) is 10.7 Å². The van der Waals surface area contributed by atoms with Crippen LogP contribution in [0.15, 0.2) is 20.0 Å². The van der Waals surface area contributed by atoms with Crippen LogP contribution in [-0.4, -0.2) is 26.0 Å². The lowest BCUT2D eigenvalue weighted by atomic mass is 10.3. The van der Waals surface area contributed by atoms with Crippen LogP contribution in [0.1, 0.15) is 25.0 Å². The highest BCUT2D eigenvalue weighted by Crippen LogP contribution is 2.31. The molecular formula is C11H17BrN2O3S2. The number of nitrogens with one attached hydrogen (secondary N) is 1. The molecule has 0 aromatic carbocycles. The van der Waals surface area contributed by atoms with Gasteiger partial charge < -0.3 is 10.2 Å². The Bertz CT molecular complexity index is 544. The van der Waals surface area contributed by atoms with Crippen LogP contribution in [0.5, 0.6) is 0 Å². The molecule has 108 valence electrons. The van der Waals surface area contributed by atoms with Crippen molar-refractivity contribution in [3.05, 3.63) is 16.5 Å². The molecule has 2 atom stereocenters. The summed E-state index contributed by atoms with van der Waals surface area (Å²) in [5.74, 6) is 0.445. The average Bonchev–Trinajstić information content (AvgIpc) is 2.95. The van der Waals surface area contributed by atoms with Gasteiger partial charge in [-0.2, -0.15) is 11.8 Å². The fraction of sp³-hybridized carbons (Fsp3) is 0.636. The third kappa shape index (κ3) is 3.36. The van der Waals surface area contributed by atoms with Crippen LogP contribution in [0.2, 0.25) is 0 Å². The smallest absolute Gasteiger partial charge is 0.245 e. The first kappa shape index (κ1) is 15.4. The molecule has 1 aliphatic carbocycles. The van der Waals surface area contributed by atoms with Gasteiger partial charge in [-0.3, -0.25) is 0 Å². The van der Waals surface area contributed by atoms with Gasteiger partial charge in [0.25, 0.3) is 0 Å². The van der Waals surface area contributed by atoms with Crippen LogP contribution in [-0.2, 0) is 16.6 Å². The summed E-state index contributed by atoms with van der Waals surface area (Å²) in [7, 11) is -3.57. The maximum Gasteiger partial charge on any atom is 0.245 e. The largest absolute Gasteiger partial charge is 0.452 e. The second-order valence-corrected chi connectivity index (χ2v) is 7.97. The molecule has 1 saturated carbocycles. The molecule has 3 N–H and O–H groups in total. The molecule has 5 nitrogen and oxygen atoms in total. The third-order valence-electron chi connectivity index (χ3n) is 3.26. The molecule has 0 aliphatic heterocycles. The maximum absolute atomic E-state index is 12.3. The van der Waals surface area contributed by atoms with Crippen molar-refractivity contribution < 1.29 is 12.8 Å². The van der Waals surface area contributed by atoms with Crippen molar-refractivity contribution in [2.24, 2.45) is 5.73 Å². The summed E-state index contributed by atoms with van der Waals surface area (Å²) in [6, 6.07) is 1.46. The van der Waals surface area contributed by atoms with Crippen LogP contribution in [0, 0.1) is 0 Å². The minimum atomic E-state index is -3.57. The lowest BCUT2D eigenvalue weighted by Crippen LogP contribution is -2.38. The number of rotatable bonds is 5. The topological polar surface area (TPSA) is 85.3 Å². The fourth-order valence-corrected chi connectivity index (χ4v) is 5.62. The van der Waals surface area contributed by atoms with Crippen molar-refractivity contribution in [3.8, 4) is 0 Å². The molecule has 1 heterocycles. The van der Waals surface area contributed by atoms with Crippen LogP contribution >= 0.6 is 27.7 Å². The molecular weight excluding hydrogens is 352 g/mol. The number of hydrogen-bond acceptors (Lipinski definition) is 5. The average molecular weight is 369 g/mol. The third-order valence-corrected chi connectivity index (χ3v) is 6.78. The second kappa shape index (κ2) is 6.17. The highest BCUT2D eigenvalue weighted by Gasteiger charge is 2.32. The zero-order valence-corrected chi connectivity index (χ0v) is 13.8. The fourth-order valence-electron chi connectivity index (χ4n) is 2.29. The van der Waals surface area contributed by atoms with Crippen molar-refractivity contribution in [1.29, 1.82) is 0 Å². The van der Waals surface area contributed by atoms with E-state index in [1.807, 2.05) is 6.26 Å². The first-order chi connectivity index (χ1) is 8.97. The molecule has 0 bridgehead atoms. The van der Waals surface area contributed by atoms with E-state index in [-0.39, 0.29) is 22.2 Å². The molecule has 1 aliphatic rings. The van der Waals surface area contributed by atoms with Gasteiger partial charge in [-0.25, -0.2) is 13.1 Å².